The first-order chi connectivity index (χ1) is 17.5. The van der Waals surface area contributed by atoms with E-state index in [1.807, 2.05) is 13.8 Å². The second-order valence-electron chi connectivity index (χ2n) is 11.5. The molecule has 3 saturated carbocycles. The Bertz CT molecular complexity index is 1540. The summed E-state index contributed by atoms with van der Waals surface area (Å²) in [5, 5.41) is -2.26. The number of benzene rings is 2. The van der Waals surface area contributed by atoms with Gasteiger partial charge < -0.3 is 4.74 Å². The number of ether oxygens (including phenoxy) is 1. The number of allylic oxidation sites excluding steroid dienone is 2. The van der Waals surface area contributed by atoms with Crippen molar-refractivity contribution in [1.82, 2.24) is 0 Å². The van der Waals surface area contributed by atoms with Gasteiger partial charge in [0, 0.05) is 23.7 Å². The van der Waals surface area contributed by atoms with Crippen LogP contribution in [0.1, 0.15) is 27.7 Å². The zero-order chi connectivity index (χ0) is 26.1. The van der Waals surface area contributed by atoms with E-state index in [2.05, 4.69) is 26.0 Å². The van der Waals surface area contributed by atoms with Gasteiger partial charge in [0.25, 0.3) is 0 Å². The standard InChI is InChI=1S/C30H30O5S2/c1-17(2)23-21-15-16-22(23)30-26-24(18(3)4)25(29(21,30)35-30)27(36(31,32)19-11-7-5-8-12-19)28(26)37(33,34)20-13-9-6-10-14-20/h5-16,21-22,25-28H,1-4H3/t21-,22-,25+,26+,27-,28-,29-,30-/m1/s1. The lowest BCUT2D eigenvalue weighted by molar-refractivity contribution is 0.149. The van der Waals surface area contributed by atoms with Crippen LogP contribution in [-0.4, -0.2) is 38.5 Å². The molecule has 37 heavy (non-hydrogen) atoms. The first-order valence-corrected chi connectivity index (χ1v) is 15.9. The van der Waals surface area contributed by atoms with Gasteiger partial charge in [0.2, 0.25) is 0 Å². The molecule has 0 aromatic heterocycles. The highest BCUT2D eigenvalue weighted by atomic mass is 32.2. The van der Waals surface area contributed by atoms with Crippen molar-refractivity contribution in [3.63, 3.8) is 0 Å². The Morgan fingerprint density at radius 3 is 1.35 bits per heavy atom. The average molecular weight is 535 g/mol. The van der Waals surface area contributed by atoms with Crippen molar-refractivity contribution in [3.05, 3.63) is 95.1 Å². The highest BCUT2D eigenvalue weighted by molar-refractivity contribution is 7.96. The first kappa shape index (κ1) is 23.6. The lowest BCUT2D eigenvalue weighted by atomic mass is 9.73. The molecule has 1 heterocycles. The summed E-state index contributed by atoms with van der Waals surface area (Å²) >= 11 is 0. The molecule has 5 nitrogen and oxygen atoms in total. The van der Waals surface area contributed by atoms with Crippen LogP contribution in [0.5, 0.6) is 0 Å². The molecule has 0 radical (unpaired) electrons. The number of sulfone groups is 2. The molecular formula is C30H30O5S2. The molecule has 4 aliphatic carbocycles. The normalized spacial score (nSPS) is 38.6. The second-order valence-corrected chi connectivity index (χ2v) is 15.8. The lowest BCUT2D eigenvalue weighted by Crippen LogP contribution is -2.54. The molecule has 0 amide bonds. The summed E-state index contributed by atoms with van der Waals surface area (Å²) in [6.45, 7) is 8.17. The fourth-order valence-corrected chi connectivity index (χ4v) is 13.6. The molecule has 1 saturated heterocycles. The third-order valence-corrected chi connectivity index (χ3v) is 14.2. The van der Waals surface area contributed by atoms with Gasteiger partial charge in [-0.2, -0.15) is 0 Å². The molecule has 0 N–H and O–H groups in total. The van der Waals surface area contributed by atoms with Crippen LogP contribution in [0.3, 0.4) is 0 Å². The van der Waals surface area contributed by atoms with E-state index < -0.39 is 53.2 Å². The molecule has 2 aromatic rings. The minimum Gasteiger partial charge on any atom is -0.359 e. The van der Waals surface area contributed by atoms with Gasteiger partial charge >= 0.3 is 0 Å². The van der Waals surface area contributed by atoms with Crippen LogP contribution in [-0.2, 0) is 24.4 Å². The fourth-order valence-electron chi connectivity index (χ4n) is 8.60. The first-order valence-electron chi connectivity index (χ1n) is 12.8. The zero-order valence-corrected chi connectivity index (χ0v) is 22.9. The van der Waals surface area contributed by atoms with E-state index >= 15 is 0 Å². The molecule has 1 aliphatic heterocycles. The molecule has 4 fully saturated rings. The minimum absolute atomic E-state index is 0.0271. The van der Waals surface area contributed by atoms with E-state index in [9.17, 15) is 16.8 Å². The Morgan fingerprint density at radius 1 is 0.622 bits per heavy atom. The predicted octanol–water partition coefficient (Wildman–Crippen LogP) is 4.93. The minimum atomic E-state index is -4.02. The van der Waals surface area contributed by atoms with Crippen LogP contribution in [0.25, 0.3) is 0 Å². The molecule has 8 atom stereocenters. The van der Waals surface area contributed by atoms with Crippen molar-refractivity contribution in [1.29, 1.82) is 0 Å². The van der Waals surface area contributed by atoms with Crippen molar-refractivity contribution in [2.75, 3.05) is 0 Å². The fraction of sp³-hybridized carbons (Fsp3) is 0.400. The van der Waals surface area contributed by atoms with Crippen molar-refractivity contribution >= 4 is 19.7 Å². The molecular weight excluding hydrogens is 504 g/mol. The molecule has 0 spiro atoms. The van der Waals surface area contributed by atoms with E-state index in [0.717, 1.165) is 11.1 Å². The number of fused-ring (bicyclic) bond motifs is 4. The molecule has 7 rings (SSSR count). The molecule has 5 aliphatic rings. The monoisotopic (exact) mass is 534 g/mol. The smallest absolute Gasteiger partial charge is 0.183 e. The van der Waals surface area contributed by atoms with Gasteiger partial charge in [-0.05, 0) is 52.0 Å². The highest BCUT2D eigenvalue weighted by Crippen LogP contribution is 2.86. The van der Waals surface area contributed by atoms with Crippen molar-refractivity contribution < 1.29 is 21.6 Å². The third kappa shape index (κ3) is 2.50. The summed E-state index contributed by atoms with van der Waals surface area (Å²) in [5.41, 5.74) is 3.06. The summed E-state index contributed by atoms with van der Waals surface area (Å²) in [7, 11) is -8.04. The quantitative estimate of drug-likeness (QED) is 0.411. The average Bonchev–Trinajstić information content (AvgIpc) is 3.16. The van der Waals surface area contributed by atoms with Gasteiger partial charge in [-0.1, -0.05) is 70.8 Å². The van der Waals surface area contributed by atoms with Crippen LogP contribution in [0.2, 0.25) is 0 Å². The van der Waals surface area contributed by atoms with Gasteiger partial charge in [0.1, 0.15) is 11.2 Å². The van der Waals surface area contributed by atoms with Crippen LogP contribution >= 0.6 is 0 Å². The molecule has 7 heteroatoms. The summed E-state index contributed by atoms with van der Waals surface area (Å²) in [6.07, 6.45) is 4.35. The Labute approximate surface area is 218 Å². The van der Waals surface area contributed by atoms with E-state index in [1.165, 1.54) is 11.1 Å². The highest BCUT2D eigenvalue weighted by Gasteiger charge is 2.97. The van der Waals surface area contributed by atoms with E-state index in [4.69, 9.17) is 4.74 Å². The Hall–Kier alpha value is -2.48. The largest absolute Gasteiger partial charge is 0.359 e. The lowest BCUT2D eigenvalue weighted by Gasteiger charge is -2.36. The molecule has 192 valence electrons. The number of hydrogen-bond donors (Lipinski definition) is 0. The Balaban J connectivity index is 1.54. The topological polar surface area (TPSA) is 80.8 Å². The van der Waals surface area contributed by atoms with Gasteiger partial charge in [0.05, 0.1) is 20.3 Å². The molecule has 2 aromatic carbocycles. The van der Waals surface area contributed by atoms with Gasteiger partial charge in [0.15, 0.2) is 19.7 Å². The molecule has 0 unspecified atom stereocenters. The Kier molecular flexibility index (Phi) is 4.55. The molecule has 4 bridgehead atoms. The van der Waals surface area contributed by atoms with Crippen molar-refractivity contribution in [3.8, 4) is 0 Å². The predicted molar refractivity (Wildman–Crippen MR) is 141 cm³/mol. The number of rotatable bonds is 4. The summed E-state index contributed by atoms with van der Waals surface area (Å²) < 4.78 is 64.7. The van der Waals surface area contributed by atoms with Crippen LogP contribution < -0.4 is 0 Å². The van der Waals surface area contributed by atoms with Gasteiger partial charge in [-0.15, -0.1) is 0 Å². The van der Waals surface area contributed by atoms with Crippen LogP contribution in [0.15, 0.2) is 105 Å². The maximum Gasteiger partial charge on any atom is 0.183 e. The van der Waals surface area contributed by atoms with E-state index in [-0.39, 0.29) is 21.6 Å². The van der Waals surface area contributed by atoms with Crippen LogP contribution in [0.4, 0.5) is 0 Å². The van der Waals surface area contributed by atoms with Gasteiger partial charge in [-0.25, -0.2) is 16.8 Å². The van der Waals surface area contributed by atoms with Crippen LogP contribution in [0, 0.1) is 23.7 Å². The summed E-state index contributed by atoms with van der Waals surface area (Å²) in [5.74, 6) is -1.10. The van der Waals surface area contributed by atoms with Gasteiger partial charge in [-0.3, -0.25) is 0 Å². The van der Waals surface area contributed by atoms with E-state index in [0.29, 0.717) is 0 Å². The maximum absolute atomic E-state index is 14.5. The third-order valence-electron chi connectivity index (χ3n) is 9.59. The van der Waals surface area contributed by atoms with Crippen molar-refractivity contribution in [2.24, 2.45) is 23.7 Å². The number of epoxide rings is 1. The summed E-state index contributed by atoms with van der Waals surface area (Å²) in [6, 6.07) is 16.6. The zero-order valence-electron chi connectivity index (χ0n) is 21.3. The number of hydrogen-bond acceptors (Lipinski definition) is 5. The Morgan fingerprint density at radius 2 is 1.00 bits per heavy atom. The maximum atomic E-state index is 14.5. The van der Waals surface area contributed by atoms with Crippen molar-refractivity contribution in [2.45, 2.75) is 59.2 Å². The SMILES string of the molecule is CC(C)=C1[C@H]2C=C[C@H]1[C@]13O[C@@]21[C@H]1C(=C(C)C)[C@H]3[C@@H](S(=O)(=O)c2ccccc2)[C@@H]1S(=O)(=O)c1ccccc1. The van der Waals surface area contributed by atoms with E-state index in [1.54, 1.807) is 60.7 Å². The summed E-state index contributed by atoms with van der Waals surface area (Å²) in [4.78, 5) is 0.329. The second kappa shape index (κ2) is 7.13.